The lowest BCUT2D eigenvalue weighted by molar-refractivity contribution is 0.103. The number of carbonyl (C=O) groups is 1. The number of hydrogen-bond donors (Lipinski definition) is 1. The zero-order valence-electron chi connectivity index (χ0n) is 15.7. The van der Waals surface area contributed by atoms with Crippen LogP contribution in [0.15, 0.2) is 42.5 Å². The first-order valence-corrected chi connectivity index (χ1v) is 8.25. The van der Waals surface area contributed by atoms with Crippen LogP contribution in [0.4, 0.5) is 5.69 Å². The Kier molecular flexibility index (Phi) is 5.07. The molecule has 0 aliphatic carbocycles. The van der Waals surface area contributed by atoms with Gasteiger partial charge in [-0.15, -0.1) is 0 Å². The lowest BCUT2D eigenvalue weighted by atomic mass is 9.97. The Balaban J connectivity index is 2.12. The average molecular weight is 367 g/mol. The highest BCUT2D eigenvalue weighted by molar-refractivity contribution is 6.16. The maximum Gasteiger partial charge on any atom is 0.203 e. The Bertz CT molecular complexity index is 988. The lowest BCUT2D eigenvalue weighted by Crippen LogP contribution is -2.07. The third-order valence-electron chi connectivity index (χ3n) is 4.44. The highest BCUT2D eigenvalue weighted by Gasteiger charge is 2.20. The van der Waals surface area contributed by atoms with Gasteiger partial charge in [-0.1, -0.05) is 6.07 Å². The molecule has 27 heavy (non-hydrogen) atoms. The quantitative estimate of drug-likeness (QED) is 0.529. The predicted octanol–water partition coefficient (Wildman–Crippen LogP) is 3.69. The summed E-state index contributed by atoms with van der Waals surface area (Å²) in [7, 11) is 6.12. The summed E-state index contributed by atoms with van der Waals surface area (Å²) >= 11 is 0. The number of ether oxygens (including phenoxy) is 4. The summed E-state index contributed by atoms with van der Waals surface area (Å²) in [6.45, 7) is 0. The van der Waals surface area contributed by atoms with E-state index in [4.69, 9.17) is 24.7 Å². The minimum Gasteiger partial charge on any atom is -0.497 e. The Morgan fingerprint density at radius 2 is 1.48 bits per heavy atom. The highest BCUT2D eigenvalue weighted by atomic mass is 16.5. The van der Waals surface area contributed by atoms with E-state index < -0.39 is 0 Å². The Hall–Kier alpha value is -3.41. The molecule has 0 atom stereocenters. The van der Waals surface area contributed by atoms with Gasteiger partial charge < -0.3 is 24.7 Å². The fraction of sp³-hybridized carbons (Fsp3) is 0.190. The molecule has 6 heteroatoms. The predicted molar refractivity (Wildman–Crippen MR) is 104 cm³/mol. The van der Waals surface area contributed by atoms with Crippen LogP contribution in [0.2, 0.25) is 0 Å². The molecule has 0 amide bonds. The maximum absolute atomic E-state index is 13.1. The normalized spacial score (nSPS) is 10.5. The summed E-state index contributed by atoms with van der Waals surface area (Å²) in [5, 5.41) is 1.68. The molecular weight excluding hydrogens is 346 g/mol. The number of benzene rings is 3. The molecule has 0 fully saturated rings. The molecule has 0 saturated carbocycles. The summed E-state index contributed by atoms with van der Waals surface area (Å²) in [5.74, 6) is 1.73. The summed E-state index contributed by atoms with van der Waals surface area (Å²) in [5.41, 5.74) is 7.51. The number of fused-ring (bicyclic) bond motifs is 1. The number of rotatable bonds is 6. The van der Waals surface area contributed by atoms with E-state index in [-0.39, 0.29) is 5.78 Å². The van der Waals surface area contributed by atoms with Gasteiger partial charge in [0.2, 0.25) is 5.75 Å². The van der Waals surface area contributed by atoms with Gasteiger partial charge >= 0.3 is 0 Å². The van der Waals surface area contributed by atoms with Crippen molar-refractivity contribution in [1.82, 2.24) is 0 Å². The number of ketones is 1. The molecule has 0 spiro atoms. The van der Waals surface area contributed by atoms with E-state index in [0.717, 1.165) is 16.5 Å². The van der Waals surface area contributed by atoms with Crippen molar-refractivity contribution in [1.29, 1.82) is 0 Å². The van der Waals surface area contributed by atoms with Gasteiger partial charge in [-0.3, -0.25) is 4.79 Å². The second-order valence-corrected chi connectivity index (χ2v) is 5.86. The number of nitrogens with two attached hydrogens (primary N) is 1. The topological polar surface area (TPSA) is 80.0 Å². The first kappa shape index (κ1) is 18.4. The first-order chi connectivity index (χ1) is 13.0. The molecule has 3 aromatic carbocycles. The number of anilines is 1. The SMILES string of the molecule is COc1ccc2c(N)c(C(=O)c3cc(OC)c(OC)c(OC)c3)ccc2c1. The van der Waals surface area contributed by atoms with Gasteiger partial charge in [0.1, 0.15) is 5.75 Å². The van der Waals surface area contributed by atoms with Crippen LogP contribution in [0.1, 0.15) is 15.9 Å². The van der Waals surface area contributed by atoms with Crippen LogP contribution in [-0.2, 0) is 0 Å². The minimum absolute atomic E-state index is 0.232. The van der Waals surface area contributed by atoms with E-state index in [1.165, 1.54) is 21.3 Å². The number of nitrogen functional groups attached to an aromatic ring is 1. The highest BCUT2D eigenvalue weighted by Crippen LogP contribution is 2.39. The first-order valence-electron chi connectivity index (χ1n) is 8.25. The molecule has 0 bridgehead atoms. The van der Waals surface area contributed by atoms with Crippen LogP contribution in [0, 0.1) is 0 Å². The van der Waals surface area contributed by atoms with E-state index in [0.29, 0.717) is 34.1 Å². The Morgan fingerprint density at radius 1 is 0.815 bits per heavy atom. The van der Waals surface area contributed by atoms with Gasteiger partial charge in [0.25, 0.3) is 0 Å². The second-order valence-electron chi connectivity index (χ2n) is 5.86. The molecule has 0 aliphatic rings. The molecule has 3 aromatic rings. The molecule has 0 aromatic heterocycles. The fourth-order valence-electron chi connectivity index (χ4n) is 3.02. The molecule has 0 saturated heterocycles. The van der Waals surface area contributed by atoms with Crippen LogP contribution < -0.4 is 24.7 Å². The zero-order chi connectivity index (χ0) is 19.6. The zero-order valence-corrected chi connectivity index (χ0v) is 15.7. The molecule has 0 unspecified atom stereocenters. The second kappa shape index (κ2) is 7.45. The fourth-order valence-corrected chi connectivity index (χ4v) is 3.02. The Morgan fingerprint density at radius 3 is 2.04 bits per heavy atom. The molecule has 0 aliphatic heterocycles. The number of methoxy groups -OCH3 is 4. The number of hydrogen-bond acceptors (Lipinski definition) is 6. The van der Waals surface area contributed by atoms with Crippen LogP contribution in [-0.4, -0.2) is 34.2 Å². The minimum atomic E-state index is -0.232. The van der Waals surface area contributed by atoms with Gasteiger partial charge in [-0.25, -0.2) is 0 Å². The van der Waals surface area contributed by atoms with Crippen LogP contribution >= 0.6 is 0 Å². The van der Waals surface area contributed by atoms with Crippen molar-refractivity contribution in [3.05, 3.63) is 53.6 Å². The summed E-state index contributed by atoms with van der Waals surface area (Å²) < 4.78 is 21.2. The molecule has 0 radical (unpaired) electrons. The van der Waals surface area contributed by atoms with E-state index in [9.17, 15) is 4.79 Å². The van der Waals surface area contributed by atoms with Crippen LogP contribution in [0.5, 0.6) is 23.0 Å². The standard InChI is InChI=1S/C21H21NO5/c1-24-14-6-8-15-12(9-14)5-7-16(19(15)22)20(23)13-10-17(25-2)21(27-4)18(11-13)26-3/h5-11H,22H2,1-4H3. The van der Waals surface area contributed by atoms with Crippen LogP contribution in [0.25, 0.3) is 10.8 Å². The van der Waals surface area contributed by atoms with Crippen molar-refractivity contribution >= 4 is 22.2 Å². The van der Waals surface area contributed by atoms with E-state index >= 15 is 0 Å². The monoisotopic (exact) mass is 367 g/mol. The molecule has 3 rings (SSSR count). The molecule has 140 valence electrons. The van der Waals surface area contributed by atoms with Gasteiger partial charge in [-0.2, -0.15) is 0 Å². The summed E-state index contributed by atoms with van der Waals surface area (Å²) in [6.07, 6.45) is 0. The number of carbonyl (C=O) groups excluding carboxylic acids is 1. The van der Waals surface area contributed by atoms with E-state index in [1.807, 2.05) is 24.3 Å². The van der Waals surface area contributed by atoms with Crippen molar-refractivity contribution in [3.63, 3.8) is 0 Å². The van der Waals surface area contributed by atoms with Crippen molar-refractivity contribution in [2.75, 3.05) is 34.2 Å². The van der Waals surface area contributed by atoms with Gasteiger partial charge in [-0.05, 0) is 41.8 Å². The third kappa shape index (κ3) is 3.21. The molecular formula is C21H21NO5. The smallest absolute Gasteiger partial charge is 0.203 e. The molecule has 2 N–H and O–H groups in total. The van der Waals surface area contributed by atoms with Crippen molar-refractivity contribution in [2.24, 2.45) is 0 Å². The lowest BCUT2D eigenvalue weighted by Gasteiger charge is -2.15. The van der Waals surface area contributed by atoms with Gasteiger partial charge in [0, 0.05) is 16.5 Å². The van der Waals surface area contributed by atoms with Crippen molar-refractivity contribution in [3.8, 4) is 23.0 Å². The average Bonchev–Trinajstić information content (AvgIpc) is 2.71. The van der Waals surface area contributed by atoms with Gasteiger partial charge in [0.15, 0.2) is 17.3 Å². The Labute approximate surface area is 157 Å². The third-order valence-corrected chi connectivity index (χ3v) is 4.44. The summed E-state index contributed by atoms with van der Waals surface area (Å²) in [6, 6.07) is 12.3. The van der Waals surface area contributed by atoms with Crippen molar-refractivity contribution in [2.45, 2.75) is 0 Å². The van der Waals surface area contributed by atoms with Crippen LogP contribution in [0.3, 0.4) is 0 Å². The molecule has 6 nitrogen and oxygen atoms in total. The van der Waals surface area contributed by atoms with E-state index in [1.54, 1.807) is 25.3 Å². The van der Waals surface area contributed by atoms with Gasteiger partial charge in [0.05, 0.1) is 34.1 Å². The van der Waals surface area contributed by atoms with Crippen molar-refractivity contribution < 1.29 is 23.7 Å². The maximum atomic E-state index is 13.1. The van der Waals surface area contributed by atoms with E-state index in [2.05, 4.69) is 0 Å². The largest absolute Gasteiger partial charge is 0.497 e. The molecule has 0 heterocycles. The summed E-state index contributed by atoms with van der Waals surface area (Å²) in [4.78, 5) is 13.1.